The van der Waals surface area contributed by atoms with Gasteiger partial charge in [0.15, 0.2) is 0 Å². The number of benzene rings is 1. The van der Waals surface area contributed by atoms with E-state index in [1.807, 2.05) is 30.3 Å². The number of para-hydroxylation sites is 1. The molecule has 2 aliphatic rings. The van der Waals surface area contributed by atoms with Crippen LogP contribution in [0.25, 0.3) is 5.69 Å². The van der Waals surface area contributed by atoms with Crippen molar-refractivity contribution < 1.29 is 0 Å². The molecule has 6 heteroatoms. The lowest BCUT2D eigenvalue weighted by atomic mass is 9.89. The van der Waals surface area contributed by atoms with Gasteiger partial charge in [-0.05, 0) is 54.4 Å². The van der Waals surface area contributed by atoms with Crippen LogP contribution in [0.4, 0.5) is 0 Å². The molecule has 4 nitrogen and oxygen atoms in total. The molecule has 1 aromatic heterocycles. The summed E-state index contributed by atoms with van der Waals surface area (Å²) in [6.45, 7) is 6.90. The Bertz CT molecular complexity index is 712. The number of nitrogens with zero attached hydrogens (tertiary/aromatic N) is 4. The van der Waals surface area contributed by atoms with Crippen molar-refractivity contribution in [3.63, 3.8) is 0 Å². The van der Waals surface area contributed by atoms with Crippen LogP contribution in [-0.4, -0.2) is 30.3 Å². The van der Waals surface area contributed by atoms with Gasteiger partial charge in [-0.1, -0.05) is 43.8 Å². The molecule has 0 unspecified atom stereocenters. The van der Waals surface area contributed by atoms with Crippen LogP contribution in [0.2, 0.25) is 0 Å². The molecule has 2 saturated carbocycles. The molecule has 0 spiro atoms. The zero-order valence-electron chi connectivity index (χ0n) is 13.6. The third kappa shape index (κ3) is 2.68. The van der Waals surface area contributed by atoms with E-state index in [9.17, 15) is 0 Å². The average molecular weight is 349 g/mol. The van der Waals surface area contributed by atoms with Crippen molar-refractivity contribution in [3.8, 4) is 5.69 Å². The van der Waals surface area contributed by atoms with Crippen LogP contribution in [0.1, 0.15) is 33.6 Å². The first-order valence-corrected chi connectivity index (χ1v) is 9.35. The van der Waals surface area contributed by atoms with Gasteiger partial charge in [-0.25, -0.2) is 0 Å². The minimum absolute atomic E-state index is 0.197. The average Bonchev–Trinajstić information content (AvgIpc) is 2.89. The van der Waals surface area contributed by atoms with Gasteiger partial charge >= 0.3 is 0 Å². The monoisotopic (exact) mass is 348 g/mol. The molecule has 2 aliphatic carbocycles. The summed E-state index contributed by atoms with van der Waals surface area (Å²) in [7, 11) is 0. The summed E-state index contributed by atoms with van der Waals surface area (Å²) in [4.78, 5) is 1.39. The van der Waals surface area contributed by atoms with Gasteiger partial charge in [-0.2, -0.15) is 0 Å². The van der Waals surface area contributed by atoms with Gasteiger partial charge < -0.3 is 0 Å². The standard InChI is InChI=1S/C17H21ClN4S/c1-16(2)12-9-14(17(3,18)10-13(12)16)23-15-19-21-22(20-15)11-7-5-4-6-8-11/h4-8,12-14H,9-10H2,1-3H3/t12-,13-,14+,17+/m0/s1. The number of halogens is 1. The third-order valence-electron chi connectivity index (χ3n) is 5.68. The van der Waals surface area contributed by atoms with Crippen LogP contribution >= 0.6 is 23.4 Å². The fourth-order valence-corrected chi connectivity index (χ4v) is 5.48. The molecule has 0 aliphatic heterocycles. The predicted molar refractivity (Wildman–Crippen MR) is 93.1 cm³/mol. The highest BCUT2D eigenvalue weighted by Gasteiger charge is 2.63. The Labute approximate surface area is 146 Å². The van der Waals surface area contributed by atoms with Crippen molar-refractivity contribution in [3.05, 3.63) is 30.3 Å². The smallest absolute Gasteiger partial charge is 0.130 e. The van der Waals surface area contributed by atoms with E-state index >= 15 is 0 Å². The lowest BCUT2D eigenvalue weighted by Crippen LogP contribution is -2.35. The summed E-state index contributed by atoms with van der Waals surface area (Å²) in [5, 5.41) is 13.9. The van der Waals surface area contributed by atoms with Gasteiger partial charge in [0, 0.05) is 5.25 Å². The van der Waals surface area contributed by atoms with E-state index in [0.29, 0.717) is 15.8 Å². The number of alkyl halides is 1. The molecule has 0 amide bonds. The van der Waals surface area contributed by atoms with Crippen LogP contribution in [-0.2, 0) is 0 Å². The van der Waals surface area contributed by atoms with E-state index in [1.165, 1.54) is 0 Å². The minimum Gasteiger partial charge on any atom is -0.130 e. The van der Waals surface area contributed by atoms with Gasteiger partial charge in [0.1, 0.15) is 0 Å². The topological polar surface area (TPSA) is 43.6 Å². The Morgan fingerprint density at radius 3 is 2.65 bits per heavy atom. The molecule has 23 heavy (non-hydrogen) atoms. The Morgan fingerprint density at radius 2 is 1.91 bits per heavy atom. The third-order valence-corrected chi connectivity index (χ3v) is 7.59. The number of aromatic nitrogens is 4. The van der Waals surface area contributed by atoms with E-state index < -0.39 is 0 Å². The molecule has 4 rings (SSSR count). The first-order chi connectivity index (χ1) is 10.9. The van der Waals surface area contributed by atoms with E-state index in [4.69, 9.17) is 11.6 Å². The molecule has 4 atom stereocenters. The summed E-state index contributed by atoms with van der Waals surface area (Å²) in [6.07, 6.45) is 2.22. The second-order valence-corrected chi connectivity index (χ2v) is 9.59. The predicted octanol–water partition coefficient (Wildman–Crippen LogP) is 4.19. The molecule has 2 aromatic rings. The van der Waals surface area contributed by atoms with Crippen molar-refractivity contribution >= 4 is 23.4 Å². The van der Waals surface area contributed by atoms with Gasteiger partial charge in [0.05, 0.1) is 10.6 Å². The summed E-state index contributed by atoms with van der Waals surface area (Å²) in [6, 6.07) is 9.86. The van der Waals surface area contributed by atoms with Gasteiger partial charge in [-0.15, -0.1) is 26.6 Å². The van der Waals surface area contributed by atoms with Gasteiger partial charge in [-0.3, -0.25) is 0 Å². The highest BCUT2D eigenvalue weighted by molar-refractivity contribution is 7.99. The number of thioether (sulfide) groups is 1. The molecule has 1 heterocycles. The van der Waals surface area contributed by atoms with Crippen molar-refractivity contribution in [2.45, 2.75) is 48.9 Å². The number of fused-ring (bicyclic) bond motifs is 1. The fraction of sp³-hybridized carbons (Fsp3) is 0.588. The summed E-state index contributed by atoms with van der Waals surface area (Å²) < 4.78 is 0. The Hall–Kier alpha value is -1.07. The van der Waals surface area contributed by atoms with Crippen molar-refractivity contribution in [1.82, 2.24) is 20.2 Å². The summed E-state index contributed by atoms with van der Waals surface area (Å²) in [5.74, 6) is 1.56. The van der Waals surface area contributed by atoms with Crippen LogP contribution in [0.5, 0.6) is 0 Å². The van der Waals surface area contributed by atoms with E-state index in [1.54, 1.807) is 16.6 Å². The number of tetrazole rings is 1. The quantitative estimate of drug-likeness (QED) is 0.780. The lowest BCUT2D eigenvalue weighted by Gasteiger charge is -2.34. The molecular formula is C17H21ClN4S. The molecule has 0 N–H and O–H groups in total. The molecule has 0 saturated heterocycles. The molecule has 1 aromatic carbocycles. The van der Waals surface area contributed by atoms with Crippen LogP contribution in [0, 0.1) is 17.3 Å². The maximum absolute atomic E-state index is 6.86. The highest BCUT2D eigenvalue weighted by Crippen LogP contribution is 2.68. The van der Waals surface area contributed by atoms with E-state index in [0.717, 1.165) is 30.4 Å². The first-order valence-electron chi connectivity index (χ1n) is 8.09. The van der Waals surface area contributed by atoms with Crippen LogP contribution in [0.3, 0.4) is 0 Å². The van der Waals surface area contributed by atoms with Crippen LogP contribution < -0.4 is 0 Å². The normalized spacial score (nSPS) is 34.9. The second kappa shape index (κ2) is 5.21. The first kappa shape index (κ1) is 15.5. The molecular weight excluding hydrogens is 328 g/mol. The SMILES string of the molecule is CC1(C)[C@H]2C[C@@H](Sc3nnn(-c4ccccc4)n3)[C@](C)(Cl)C[C@@H]21. The van der Waals surface area contributed by atoms with Gasteiger partial charge in [0.2, 0.25) is 5.16 Å². The van der Waals surface area contributed by atoms with Crippen molar-refractivity contribution in [1.29, 1.82) is 0 Å². The molecule has 0 bridgehead atoms. The largest absolute Gasteiger partial charge is 0.231 e. The zero-order valence-corrected chi connectivity index (χ0v) is 15.2. The fourth-order valence-electron chi connectivity index (χ4n) is 3.99. The maximum Gasteiger partial charge on any atom is 0.231 e. The summed E-state index contributed by atoms with van der Waals surface area (Å²) in [5.41, 5.74) is 1.37. The number of hydrogen-bond donors (Lipinski definition) is 0. The second-order valence-electron chi connectivity index (χ2n) is 7.56. The summed E-state index contributed by atoms with van der Waals surface area (Å²) >= 11 is 8.54. The van der Waals surface area contributed by atoms with Crippen molar-refractivity contribution in [2.24, 2.45) is 17.3 Å². The highest BCUT2D eigenvalue weighted by atomic mass is 35.5. The number of hydrogen-bond acceptors (Lipinski definition) is 4. The maximum atomic E-state index is 6.86. The van der Waals surface area contributed by atoms with E-state index in [-0.39, 0.29) is 4.87 Å². The van der Waals surface area contributed by atoms with Crippen LogP contribution in [0.15, 0.2) is 35.5 Å². The van der Waals surface area contributed by atoms with Crippen molar-refractivity contribution in [2.75, 3.05) is 0 Å². The Balaban J connectivity index is 1.51. The van der Waals surface area contributed by atoms with E-state index in [2.05, 4.69) is 36.2 Å². The molecule has 122 valence electrons. The molecule has 2 fully saturated rings. The Kier molecular flexibility index (Phi) is 3.50. The van der Waals surface area contributed by atoms with Gasteiger partial charge in [0.25, 0.3) is 0 Å². The Morgan fingerprint density at radius 1 is 1.17 bits per heavy atom. The zero-order chi connectivity index (χ0) is 16.2. The lowest BCUT2D eigenvalue weighted by molar-refractivity contribution is 0.406. The molecule has 0 radical (unpaired) electrons. The minimum atomic E-state index is -0.197. The number of rotatable bonds is 3.